The van der Waals surface area contributed by atoms with Crippen LogP contribution in [0, 0.1) is 0 Å². The van der Waals surface area contributed by atoms with Gasteiger partial charge in [-0.3, -0.25) is 4.79 Å². The Balaban J connectivity index is 2.16. The van der Waals surface area contributed by atoms with Crippen molar-refractivity contribution >= 4 is 5.91 Å². The Morgan fingerprint density at radius 3 is 2.62 bits per heavy atom. The van der Waals surface area contributed by atoms with E-state index in [2.05, 4.69) is 0 Å². The van der Waals surface area contributed by atoms with Gasteiger partial charge in [-0.25, -0.2) is 0 Å². The molecule has 1 saturated heterocycles. The summed E-state index contributed by atoms with van der Waals surface area (Å²) in [6.07, 6.45) is 0. The molecule has 0 bridgehead atoms. The van der Waals surface area contributed by atoms with Gasteiger partial charge in [0.1, 0.15) is 5.75 Å². The predicted octanol–water partition coefficient (Wildman–Crippen LogP) is 0.868. The molecule has 1 amide bonds. The van der Waals surface area contributed by atoms with Gasteiger partial charge in [-0.1, -0.05) is 12.1 Å². The Hall–Kier alpha value is -1.55. The smallest absolute Gasteiger partial charge is 0.257 e. The van der Waals surface area contributed by atoms with Gasteiger partial charge >= 0.3 is 0 Å². The molecule has 86 valence electrons. The van der Waals surface area contributed by atoms with Gasteiger partial charge in [-0.2, -0.15) is 0 Å². The molecule has 1 aliphatic heterocycles. The lowest BCUT2D eigenvalue weighted by Crippen LogP contribution is -2.66. The van der Waals surface area contributed by atoms with E-state index >= 15 is 0 Å². The standard InChI is InChI=1S/C12H16N2O2/c1-12(13)7-14(8-12)11(15)9-5-3-4-6-10(9)16-2/h3-6H,7-8,13H2,1-2H3. The van der Waals surface area contributed by atoms with Crippen LogP contribution in [0.1, 0.15) is 17.3 Å². The third-order valence-electron chi connectivity index (χ3n) is 2.73. The highest BCUT2D eigenvalue weighted by molar-refractivity contribution is 5.97. The fourth-order valence-corrected chi connectivity index (χ4v) is 1.96. The highest BCUT2D eigenvalue weighted by Gasteiger charge is 2.38. The minimum atomic E-state index is -0.238. The Bertz CT molecular complexity index is 407. The van der Waals surface area contributed by atoms with E-state index in [9.17, 15) is 4.79 Å². The van der Waals surface area contributed by atoms with Crippen LogP contribution in [0.4, 0.5) is 0 Å². The SMILES string of the molecule is COc1ccccc1C(=O)N1CC(C)(N)C1. The Kier molecular flexibility index (Phi) is 2.59. The van der Waals surface area contributed by atoms with E-state index in [1.807, 2.05) is 19.1 Å². The zero-order valence-corrected chi connectivity index (χ0v) is 9.56. The number of carbonyl (C=O) groups is 1. The Morgan fingerprint density at radius 1 is 1.44 bits per heavy atom. The first kappa shape index (κ1) is 11.0. The van der Waals surface area contributed by atoms with Crippen LogP contribution < -0.4 is 10.5 Å². The fraction of sp³-hybridized carbons (Fsp3) is 0.417. The summed E-state index contributed by atoms with van der Waals surface area (Å²) in [5.41, 5.74) is 6.23. The van der Waals surface area contributed by atoms with Crippen LogP contribution in [0.15, 0.2) is 24.3 Å². The van der Waals surface area contributed by atoms with Gasteiger partial charge in [-0.05, 0) is 19.1 Å². The molecule has 1 aromatic rings. The monoisotopic (exact) mass is 220 g/mol. The summed E-state index contributed by atoms with van der Waals surface area (Å²) in [4.78, 5) is 13.8. The van der Waals surface area contributed by atoms with E-state index in [1.165, 1.54) is 0 Å². The molecule has 0 atom stereocenters. The highest BCUT2D eigenvalue weighted by Crippen LogP contribution is 2.24. The molecule has 2 N–H and O–H groups in total. The highest BCUT2D eigenvalue weighted by atomic mass is 16.5. The van der Waals surface area contributed by atoms with Crippen molar-refractivity contribution in [2.24, 2.45) is 5.73 Å². The number of ether oxygens (including phenoxy) is 1. The van der Waals surface area contributed by atoms with Crippen LogP contribution >= 0.6 is 0 Å². The number of para-hydroxylation sites is 1. The first-order valence-corrected chi connectivity index (χ1v) is 5.25. The maximum Gasteiger partial charge on any atom is 0.257 e. The second kappa shape index (κ2) is 3.79. The number of hydrogen-bond acceptors (Lipinski definition) is 3. The van der Waals surface area contributed by atoms with E-state index in [0.717, 1.165) is 0 Å². The summed E-state index contributed by atoms with van der Waals surface area (Å²) >= 11 is 0. The zero-order chi connectivity index (χ0) is 11.8. The molecule has 0 saturated carbocycles. The molecule has 1 aromatic carbocycles. The molecule has 0 spiro atoms. The van der Waals surface area contributed by atoms with Gasteiger partial charge in [0, 0.05) is 18.6 Å². The minimum Gasteiger partial charge on any atom is -0.496 e. The lowest BCUT2D eigenvalue weighted by Gasteiger charge is -2.45. The minimum absolute atomic E-state index is 0.0135. The average molecular weight is 220 g/mol. The molecule has 16 heavy (non-hydrogen) atoms. The molecule has 0 aliphatic carbocycles. The van der Waals surface area contributed by atoms with Crippen molar-refractivity contribution in [3.05, 3.63) is 29.8 Å². The van der Waals surface area contributed by atoms with Crippen molar-refractivity contribution in [3.63, 3.8) is 0 Å². The molecule has 1 heterocycles. The molecule has 1 fully saturated rings. The van der Waals surface area contributed by atoms with Gasteiger partial charge in [0.05, 0.1) is 12.7 Å². The normalized spacial score (nSPS) is 17.8. The number of amides is 1. The summed E-state index contributed by atoms with van der Waals surface area (Å²) in [6.45, 7) is 3.15. The maximum absolute atomic E-state index is 12.1. The second-order valence-electron chi connectivity index (χ2n) is 4.52. The van der Waals surface area contributed by atoms with Crippen LogP contribution in [-0.2, 0) is 0 Å². The zero-order valence-electron chi connectivity index (χ0n) is 9.56. The molecule has 4 heteroatoms. The molecule has 2 rings (SSSR count). The molecule has 0 radical (unpaired) electrons. The van der Waals surface area contributed by atoms with Gasteiger partial charge in [-0.15, -0.1) is 0 Å². The number of methoxy groups -OCH3 is 1. The lowest BCUT2D eigenvalue weighted by atomic mass is 9.93. The third kappa shape index (κ3) is 1.88. The summed E-state index contributed by atoms with van der Waals surface area (Å²) in [6, 6.07) is 7.23. The van der Waals surface area contributed by atoms with Crippen molar-refractivity contribution in [2.75, 3.05) is 20.2 Å². The predicted molar refractivity (Wildman–Crippen MR) is 61.5 cm³/mol. The van der Waals surface area contributed by atoms with Crippen LogP contribution in [0.25, 0.3) is 0 Å². The summed E-state index contributed by atoms with van der Waals surface area (Å²) in [5.74, 6) is 0.596. The number of likely N-dealkylation sites (tertiary alicyclic amines) is 1. The fourth-order valence-electron chi connectivity index (χ4n) is 1.96. The van der Waals surface area contributed by atoms with E-state index in [0.29, 0.717) is 24.4 Å². The van der Waals surface area contributed by atoms with Crippen molar-refractivity contribution in [2.45, 2.75) is 12.5 Å². The first-order chi connectivity index (χ1) is 7.53. The number of hydrogen-bond donors (Lipinski definition) is 1. The number of benzene rings is 1. The Labute approximate surface area is 95.0 Å². The van der Waals surface area contributed by atoms with Crippen LogP contribution in [0.5, 0.6) is 5.75 Å². The van der Waals surface area contributed by atoms with E-state index < -0.39 is 0 Å². The maximum atomic E-state index is 12.1. The average Bonchev–Trinajstić information content (AvgIpc) is 2.24. The van der Waals surface area contributed by atoms with Gasteiger partial charge in [0.2, 0.25) is 0 Å². The van der Waals surface area contributed by atoms with Crippen LogP contribution in [0.3, 0.4) is 0 Å². The number of carbonyl (C=O) groups excluding carboxylic acids is 1. The van der Waals surface area contributed by atoms with Gasteiger partial charge in [0.25, 0.3) is 5.91 Å². The summed E-state index contributed by atoms with van der Waals surface area (Å²) < 4.78 is 5.16. The van der Waals surface area contributed by atoms with E-state index in [1.54, 1.807) is 24.1 Å². The largest absolute Gasteiger partial charge is 0.496 e. The van der Waals surface area contributed by atoms with Crippen LogP contribution in [0.2, 0.25) is 0 Å². The molecular weight excluding hydrogens is 204 g/mol. The van der Waals surface area contributed by atoms with Gasteiger partial charge in [0.15, 0.2) is 0 Å². The third-order valence-corrected chi connectivity index (χ3v) is 2.73. The number of nitrogens with two attached hydrogens (primary N) is 1. The topological polar surface area (TPSA) is 55.6 Å². The Morgan fingerprint density at radius 2 is 2.06 bits per heavy atom. The molecule has 4 nitrogen and oxygen atoms in total. The first-order valence-electron chi connectivity index (χ1n) is 5.25. The van der Waals surface area contributed by atoms with E-state index in [-0.39, 0.29) is 11.4 Å². The summed E-state index contributed by atoms with van der Waals surface area (Å²) in [5, 5.41) is 0. The number of nitrogens with zero attached hydrogens (tertiary/aromatic N) is 1. The lowest BCUT2D eigenvalue weighted by molar-refractivity contribution is 0.0450. The summed E-state index contributed by atoms with van der Waals surface area (Å²) in [7, 11) is 1.56. The van der Waals surface area contributed by atoms with Gasteiger partial charge < -0.3 is 15.4 Å². The van der Waals surface area contributed by atoms with Crippen LogP contribution in [-0.4, -0.2) is 36.5 Å². The molecular formula is C12H16N2O2. The van der Waals surface area contributed by atoms with Crippen molar-refractivity contribution in [1.82, 2.24) is 4.90 Å². The van der Waals surface area contributed by atoms with Crippen molar-refractivity contribution in [1.29, 1.82) is 0 Å². The second-order valence-corrected chi connectivity index (χ2v) is 4.52. The number of rotatable bonds is 2. The van der Waals surface area contributed by atoms with E-state index in [4.69, 9.17) is 10.5 Å². The molecule has 1 aliphatic rings. The molecule has 0 aromatic heterocycles. The molecule has 0 unspecified atom stereocenters. The van der Waals surface area contributed by atoms with Crippen molar-refractivity contribution in [3.8, 4) is 5.75 Å². The quantitative estimate of drug-likeness (QED) is 0.804. The van der Waals surface area contributed by atoms with Crippen molar-refractivity contribution < 1.29 is 9.53 Å².